The topological polar surface area (TPSA) is 169 Å². The minimum absolute atomic E-state index is 0.0741. The van der Waals surface area contributed by atoms with E-state index >= 15 is 0 Å². The zero-order chi connectivity index (χ0) is 35.8. The van der Waals surface area contributed by atoms with Crippen molar-refractivity contribution in [2.75, 3.05) is 42.5 Å². The van der Waals surface area contributed by atoms with Gasteiger partial charge >= 0.3 is 0 Å². The lowest BCUT2D eigenvalue weighted by atomic mass is 9.76. The Morgan fingerprint density at radius 1 is 0.863 bits per heavy atom. The fourth-order valence-electron chi connectivity index (χ4n) is 7.72. The molecule has 1 aliphatic carbocycles. The van der Waals surface area contributed by atoms with E-state index in [2.05, 4.69) is 42.5 Å². The molecule has 268 valence electrons. The normalized spacial score (nSPS) is 18.2. The van der Waals surface area contributed by atoms with Crippen molar-refractivity contribution in [3.05, 3.63) is 56.8 Å². The average Bonchev–Trinajstić information content (AvgIpc) is 3.83. The van der Waals surface area contributed by atoms with E-state index in [1.165, 1.54) is 54.8 Å². The highest BCUT2D eigenvalue weighted by Gasteiger charge is 2.38. The summed E-state index contributed by atoms with van der Waals surface area (Å²) in [7, 11) is 0. The van der Waals surface area contributed by atoms with Crippen LogP contribution in [0, 0.1) is 32.6 Å². The third-order valence-corrected chi connectivity index (χ3v) is 13.1. The van der Waals surface area contributed by atoms with Crippen LogP contribution in [0.1, 0.15) is 87.3 Å². The summed E-state index contributed by atoms with van der Waals surface area (Å²) in [6, 6.07) is 4.04. The number of rotatable bonds is 6. The number of pyridine rings is 1. The van der Waals surface area contributed by atoms with E-state index in [1.807, 2.05) is 44.0 Å². The van der Waals surface area contributed by atoms with Gasteiger partial charge in [0.15, 0.2) is 0 Å². The van der Waals surface area contributed by atoms with Crippen molar-refractivity contribution in [1.29, 1.82) is 0 Å². The summed E-state index contributed by atoms with van der Waals surface area (Å²) in [5, 5.41) is 21.7. The maximum Gasteiger partial charge on any atom is 0.266 e. The number of hydrogen-bond acceptors (Lipinski definition) is 12. The first-order chi connectivity index (χ1) is 24.6. The Hall–Kier alpha value is -4.43. The zero-order valence-corrected chi connectivity index (χ0v) is 31.4. The number of aryl methyl sites for hydroxylation is 4. The zero-order valence-electron chi connectivity index (χ0n) is 29.7. The van der Waals surface area contributed by atoms with Gasteiger partial charge in [0.1, 0.15) is 19.4 Å². The molecule has 12 nitrogen and oxygen atoms in total. The number of aromatic nitrogens is 5. The molecule has 2 aliphatic heterocycles. The number of carbonyl (C=O) groups excluding carboxylic acids is 2. The van der Waals surface area contributed by atoms with Crippen molar-refractivity contribution < 1.29 is 9.59 Å². The van der Waals surface area contributed by atoms with Gasteiger partial charge in [0, 0.05) is 49.2 Å². The molecule has 5 aromatic heterocycles. The van der Waals surface area contributed by atoms with Crippen LogP contribution in [0.2, 0.25) is 0 Å². The molecule has 2 saturated heterocycles. The highest BCUT2D eigenvalue weighted by atomic mass is 32.1. The minimum Gasteiger partial charge on any atom is -0.397 e. The molecule has 0 spiro atoms. The number of nitrogens with zero attached hydrogens (tertiary/aromatic N) is 7. The molecule has 7 heterocycles. The third kappa shape index (κ3) is 6.83. The number of nitrogens with two attached hydrogens (primary N) is 2. The molecule has 5 aromatic rings. The molecular weight excluding hydrogens is 681 g/mol. The second-order valence-corrected chi connectivity index (χ2v) is 16.1. The lowest BCUT2D eigenvalue weighted by Gasteiger charge is -2.44. The second kappa shape index (κ2) is 14.7. The summed E-state index contributed by atoms with van der Waals surface area (Å²) < 4.78 is 0. The first kappa shape index (κ1) is 35.0. The number of nitrogen functional groups attached to an aromatic ring is 2. The highest BCUT2D eigenvalue weighted by molar-refractivity contribution is 7.21. The highest BCUT2D eigenvalue weighted by Crippen LogP contribution is 2.40. The SMILES string of the molecule is CCc1nnc2sc(C(=O)N3CC(C4CCCCC4)C3)c(N)c2c1C.Cc1nnc2sc(C(=O)NC3CCN(c4cccnc4)C3)c(N)c2c1C. The standard InChI is InChI=1S/C19H26N4OS.C18H20N6OS/c1-3-14-11(2)15-16(20)17(25-18(15)22-21-14)19(24)23-9-13(10-23)12-7-5-4-6-8-12;1-10-11(2)22-23-18-14(10)15(19)16(26-18)17(25)21-12-5-7-24(9-12)13-4-3-6-20-8-13/h12-13H,3-10,20H2,1-2H3;3-4,6,8,12H,5,7,9,19H2,1-2H3,(H,21,25). The molecule has 0 radical (unpaired) electrons. The summed E-state index contributed by atoms with van der Waals surface area (Å²) >= 11 is 2.69. The monoisotopic (exact) mass is 726 g/mol. The van der Waals surface area contributed by atoms with Gasteiger partial charge in [-0.1, -0.05) is 39.0 Å². The summed E-state index contributed by atoms with van der Waals surface area (Å²) in [5.41, 5.74) is 18.6. The molecule has 1 atom stereocenters. The molecule has 2 amide bonds. The van der Waals surface area contributed by atoms with Gasteiger partial charge < -0.3 is 26.6 Å². The number of carbonyl (C=O) groups is 2. The predicted octanol–water partition coefficient (Wildman–Crippen LogP) is 6.09. The summed E-state index contributed by atoms with van der Waals surface area (Å²) in [6.07, 6.45) is 12.1. The van der Waals surface area contributed by atoms with Gasteiger partial charge in [-0.05, 0) is 68.7 Å². The van der Waals surface area contributed by atoms with Crippen molar-refractivity contribution >= 4 is 72.0 Å². The molecule has 3 fully saturated rings. The number of fused-ring (bicyclic) bond motifs is 2. The van der Waals surface area contributed by atoms with E-state index in [1.54, 1.807) is 6.20 Å². The van der Waals surface area contributed by atoms with Gasteiger partial charge in [0.2, 0.25) is 0 Å². The van der Waals surface area contributed by atoms with Crippen molar-refractivity contribution in [2.24, 2.45) is 11.8 Å². The maximum atomic E-state index is 12.9. The average molecular weight is 727 g/mol. The van der Waals surface area contributed by atoms with E-state index in [4.69, 9.17) is 11.5 Å². The maximum absolute atomic E-state index is 12.9. The predicted molar refractivity (Wildman–Crippen MR) is 206 cm³/mol. The Labute approximate surface area is 306 Å². The van der Waals surface area contributed by atoms with E-state index < -0.39 is 0 Å². The van der Waals surface area contributed by atoms with E-state index in [0.717, 1.165) is 88.7 Å². The molecule has 0 bridgehead atoms. The largest absolute Gasteiger partial charge is 0.397 e. The van der Waals surface area contributed by atoms with Crippen molar-refractivity contribution in [3.8, 4) is 0 Å². The third-order valence-electron chi connectivity index (χ3n) is 10.9. The van der Waals surface area contributed by atoms with Crippen LogP contribution in [0.25, 0.3) is 20.4 Å². The van der Waals surface area contributed by atoms with Crippen molar-refractivity contribution in [2.45, 2.75) is 78.7 Å². The molecule has 5 N–H and O–H groups in total. The van der Waals surface area contributed by atoms with Crippen LogP contribution in [0.4, 0.5) is 17.1 Å². The second-order valence-electron chi connectivity index (χ2n) is 14.1. The van der Waals surface area contributed by atoms with Crippen LogP contribution in [0.3, 0.4) is 0 Å². The van der Waals surface area contributed by atoms with Crippen LogP contribution in [-0.2, 0) is 6.42 Å². The van der Waals surface area contributed by atoms with Gasteiger partial charge in [0.25, 0.3) is 11.8 Å². The Morgan fingerprint density at radius 2 is 1.55 bits per heavy atom. The number of hydrogen-bond donors (Lipinski definition) is 3. The van der Waals surface area contributed by atoms with Gasteiger partial charge in [-0.3, -0.25) is 14.6 Å². The summed E-state index contributed by atoms with van der Waals surface area (Å²) in [6.45, 7) is 11.4. The molecular formula is C37H46N10O2S2. The Morgan fingerprint density at radius 3 is 2.25 bits per heavy atom. The Balaban J connectivity index is 0.000000159. The van der Waals surface area contributed by atoms with Crippen LogP contribution in [0.15, 0.2) is 24.5 Å². The number of anilines is 3. The Kier molecular flexibility index (Phi) is 10.1. The van der Waals surface area contributed by atoms with Gasteiger partial charge in [-0.15, -0.1) is 32.9 Å². The minimum atomic E-state index is -0.138. The quantitative estimate of drug-likeness (QED) is 0.186. The van der Waals surface area contributed by atoms with Crippen LogP contribution < -0.4 is 21.7 Å². The van der Waals surface area contributed by atoms with Crippen LogP contribution >= 0.6 is 22.7 Å². The number of likely N-dealkylation sites (tertiary alicyclic amines) is 1. The molecule has 1 saturated carbocycles. The fourth-order valence-corrected chi connectivity index (χ4v) is 9.80. The first-order valence-corrected chi connectivity index (χ1v) is 19.6. The molecule has 1 unspecified atom stereocenters. The number of nitrogens with one attached hydrogen (secondary N) is 1. The molecule has 0 aromatic carbocycles. The van der Waals surface area contributed by atoms with Gasteiger partial charge in [-0.25, -0.2) is 0 Å². The molecule has 14 heteroatoms. The van der Waals surface area contributed by atoms with Crippen molar-refractivity contribution in [3.63, 3.8) is 0 Å². The van der Waals surface area contributed by atoms with E-state index in [9.17, 15) is 9.59 Å². The fraction of sp³-hybridized carbons (Fsp3) is 0.486. The smallest absolute Gasteiger partial charge is 0.266 e. The first-order valence-electron chi connectivity index (χ1n) is 18.0. The van der Waals surface area contributed by atoms with Gasteiger partial charge in [-0.2, -0.15) is 10.2 Å². The molecule has 51 heavy (non-hydrogen) atoms. The summed E-state index contributed by atoms with van der Waals surface area (Å²) in [4.78, 5) is 36.7. The lowest BCUT2D eigenvalue weighted by molar-refractivity contribution is 0.0310. The van der Waals surface area contributed by atoms with Crippen LogP contribution in [-0.4, -0.2) is 74.3 Å². The van der Waals surface area contributed by atoms with Gasteiger partial charge in [0.05, 0.1) is 34.6 Å². The summed E-state index contributed by atoms with van der Waals surface area (Å²) in [5.74, 6) is 1.44. The number of amides is 2. The molecule has 8 rings (SSSR count). The van der Waals surface area contributed by atoms with E-state index in [-0.39, 0.29) is 17.9 Å². The Bertz CT molecular complexity index is 2070. The molecule has 3 aliphatic rings. The van der Waals surface area contributed by atoms with Crippen molar-refractivity contribution in [1.82, 2.24) is 35.6 Å². The number of thiophene rings is 2. The van der Waals surface area contributed by atoms with E-state index in [0.29, 0.717) is 31.9 Å². The lowest BCUT2D eigenvalue weighted by Crippen LogP contribution is -2.52. The van der Waals surface area contributed by atoms with Crippen LogP contribution in [0.5, 0.6) is 0 Å².